The molecule has 1 atom stereocenters. The van der Waals surface area contributed by atoms with Gasteiger partial charge in [0.15, 0.2) is 6.17 Å². The molecule has 4 nitrogen and oxygen atoms in total. The molecule has 1 aliphatic heterocycles. The van der Waals surface area contributed by atoms with Crippen molar-refractivity contribution in [3.63, 3.8) is 0 Å². The highest BCUT2D eigenvalue weighted by Gasteiger charge is 2.29. The second-order valence-electron chi connectivity index (χ2n) is 5.68. The fourth-order valence-electron chi connectivity index (χ4n) is 3.11. The van der Waals surface area contributed by atoms with Gasteiger partial charge >= 0.3 is 0 Å². The van der Waals surface area contributed by atoms with Gasteiger partial charge in [0.25, 0.3) is 0 Å². The van der Waals surface area contributed by atoms with Crippen molar-refractivity contribution in [1.82, 2.24) is 9.78 Å². The van der Waals surface area contributed by atoms with Gasteiger partial charge in [0, 0.05) is 11.3 Å². The molecule has 1 aromatic carbocycles. The Morgan fingerprint density at radius 2 is 2.05 bits per heavy atom. The molecule has 0 amide bonds. The number of fused-ring (bicyclic) bond motifs is 3. The monoisotopic (exact) mass is 279 g/mol. The molecule has 3 aromatic rings. The molecule has 0 saturated heterocycles. The van der Waals surface area contributed by atoms with Gasteiger partial charge in [0.1, 0.15) is 5.76 Å². The first-order chi connectivity index (χ1) is 10.1. The quantitative estimate of drug-likeness (QED) is 0.731. The van der Waals surface area contributed by atoms with Gasteiger partial charge in [-0.15, -0.1) is 0 Å². The first-order valence-electron chi connectivity index (χ1n) is 7.11. The van der Waals surface area contributed by atoms with E-state index in [0.717, 1.165) is 22.8 Å². The van der Waals surface area contributed by atoms with Crippen LogP contribution in [0.25, 0.3) is 11.3 Å². The summed E-state index contributed by atoms with van der Waals surface area (Å²) in [5.74, 6) is 0.866. The Hall–Kier alpha value is -2.49. The summed E-state index contributed by atoms with van der Waals surface area (Å²) in [6.07, 6.45) is 1.60. The number of rotatable bonds is 1. The highest BCUT2D eigenvalue weighted by Crippen LogP contribution is 2.40. The van der Waals surface area contributed by atoms with Gasteiger partial charge in [-0.1, -0.05) is 11.6 Å². The topological polar surface area (TPSA) is 43.0 Å². The number of benzene rings is 1. The minimum absolute atomic E-state index is 0.0994. The maximum Gasteiger partial charge on any atom is 0.180 e. The molecule has 0 spiro atoms. The second kappa shape index (κ2) is 4.25. The molecule has 21 heavy (non-hydrogen) atoms. The van der Waals surface area contributed by atoms with Crippen LogP contribution in [0.5, 0.6) is 0 Å². The number of furan rings is 1. The van der Waals surface area contributed by atoms with E-state index in [-0.39, 0.29) is 6.17 Å². The Morgan fingerprint density at radius 1 is 1.19 bits per heavy atom. The van der Waals surface area contributed by atoms with E-state index in [4.69, 9.17) is 4.42 Å². The fraction of sp³-hybridized carbons (Fsp3) is 0.235. The highest BCUT2D eigenvalue weighted by molar-refractivity contribution is 5.81. The molecular formula is C17H17N3O. The number of anilines is 1. The molecule has 0 fully saturated rings. The molecule has 1 unspecified atom stereocenters. The Kier molecular flexibility index (Phi) is 2.48. The Labute approximate surface area is 123 Å². The van der Waals surface area contributed by atoms with Crippen LogP contribution in [0.2, 0.25) is 0 Å². The maximum atomic E-state index is 5.59. The summed E-state index contributed by atoms with van der Waals surface area (Å²) in [5, 5.41) is 8.21. The summed E-state index contributed by atoms with van der Waals surface area (Å²) < 4.78 is 7.60. The highest BCUT2D eigenvalue weighted by atomic mass is 16.3. The van der Waals surface area contributed by atoms with E-state index >= 15 is 0 Å². The zero-order valence-electron chi connectivity index (χ0n) is 12.3. The lowest BCUT2D eigenvalue weighted by atomic mass is 9.99. The first kappa shape index (κ1) is 12.3. The second-order valence-corrected chi connectivity index (χ2v) is 5.68. The molecule has 1 aliphatic rings. The summed E-state index contributed by atoms with van der Waals surface area (Å²) in [6, 6.07) is 10.4. The number of nitrogens with one attached hydrogen (secondary N) is 1. The van der Waals surface area contributed by atoms with Gasteiger partial charge in [-0.2, -0.15) is 5.10 Å². The lowest BCUT2D eigenvalue weighted by molar-refractivity contribution is 0.430. The molecular weight excluding hydrogens is 262 g/mol. The molecule has 0 aliphatic carbocycles. The predicted octanol–water partition coefficient (Wildman–Crippen LogP) is 4.04. The van der Waals surface area contributed by atoms with Crippen molar-refractivity contribution in [3.8, 4) is 11.3 Å². The van der Waals surface area contributed by atoms with Crippen molar-refractivity contribution >= 4 is 5.69 Å². The molecule has 1 N–H and O–H groups in total. The average Bonchev–Trinajstić information content (AvgIpc) is 3.06. The SMILES string of the molecule is Cc1cc(C)c2c(c1)-c1cc(C)nn1C(c1ccco1)N2. The van der Waals surface area contributed by atoms with E-state index in [1.807, 2.05) is 23.7 Å². The third kappa shape index (κ3) is 1.79. The summed E-state index contributed by atoms with van der Waals surface area (Å²) >= 11 is 0. The Bertz CT molecular complexity index is 815. The van der Waals surface area contributed by atoms with Crippen molar-refractivity contribution in [1.29, 1.82) is 0 Å². The van der Waals surface area contributed by atoms with Crippen LogP contribution in [-0.2, 0) is 0 Å². The van der Waals surface area contributed by atoms with Crippen LogP contribution >= 0.6 is 0 Å². The predicted molar refractivity (Wildman–Crippen MR) is 82.3 cm³/mol. The zero-order valence-corrected chi connectivity index (χ0v) is 12.3. The summed E-state index contributed by atoms with van der Waals surface area (Å²) in [5.41, 5.74) is 7.01. The lowest BCUT2D eigenvalue weighted by Crippen LogP contribution is -2.25. The van der Waals surface area contributed by atoms with E-state index < -0.39 is 0 Å². The van der Waals surface area contributed by atoms with Gasteiger partial charge < -0.3 is 9.73 Å². The standard InChI is InChI=1S/C17H17N3O/c1-10-7-11(2)16-13(8-10)14-9-12(3)19-20(14)17(18-16)15-5-4-6-21-15/h4-9,17-18H,1-3H3. The van der Waals surface area contributed by atoms with Gasteiger partial charge in [-0.25, -0.2) is 4.68 Å². The normalized spacial score (nSPS) is 16.2. The van der Waals surface area contributed by atoms with Gasteiger partial charge in [-0.05, 0) is 50.6 Å². The molecule has 0 bridgehead atoms. The average molecular weight is 279 g/mol. The van der Waals surface area contributed by atoms with Crippen LogP contribution in [0.1, 0.15) is 28.7 Å². The number of aromatic nitrogens is 2. The van der Waals surface area contributed by atoms with Crippen molar-refractivity contribution in [2.45, 2.75) is 26.9 Å². The minimum atomic E-state index is -0.0994. The largest absolute Gasteiger partial charge is 0.465 e. The summed E-state index contributed by atoms with van der Waals surface area (Å²) in [4.78, 5) is 0. The Morgan fingerprint density at radius 3 is 2.81 bits per heavy atom. The van der Waals surface area contributed by atoms with Crippen LogP contribution in [0.4, 0.5) is 5.69 Å². The fourth-order valence-corrected chi connectivity index (χ4v) is 3.11. The summed E-state index contributed by atoms with van der Waals surface area (Å²) in [6.45, 7) is 6.28. The van der Waals surface area contributed by atoms with Gasteiger partial charge in [-0.3, -0.25) is 0 Å². The van der Waals surface area contributed by atoms with Gasteiger partial charge in [0.2, 0.25) is 0 Å². The molecule has 4 heteroatoms. The van der Waals surface area contributed by atoms with Crippen molar-refractivity contribution in [3.05, 3.63) is 59.2 Å². The van der Waals surface area contributed by atoms with Crippen molar-refractivity contribution in [2.24, 2.45) is 0 Å². The lowest BCUT2D eigenvalue weighted by Gasteiger charge is -2.29. The molecule has 0 saturated carbocycles. The molecule has 0 radical (unpaired) electrons. The van der Waals surface area contributed by atoms with E-state index in [1.54, 1.807) is 6.26 Å². The van der Waals surface area contributed by atoms with E-state index in [2.05, 4.69) is 42.5 Å². The van der Waals surface area contributed by atoms with Crippen LogP contribution in [-0.4, -0.2) is 9.78 Å². The van der Waals surface area contributed by atoms with Crippen LogP contribution < -0.4 is 5.32 Å². The molecule has 3 heterocycles. The van der Waals surface area contributed by atoms with Gasteiger partial charge in [0.05, 0.1) is 17.7 Å². The van der Waals surface area contributed by atoms with Crippen LogP contribution in [0, 0.1) is 20.8 Å². The zero-order chi connectivity index (χ0) is 14.6. The number of nitrogens with zero attached hydrogens (tertiary/aromatic N) is 2. The van der Waals surface area contributed by atoms with Crippen LogP contribution in [0.15, 0.2) is 41.0 Å². The van der Waals surface area contributed by atoms with Crippen LogP contribution in [0.3, 0.4) is 0 Å². The minimum Gasteiger partial charge on any atom is -0.465 e. The molecule has 2 aromatic heterocycles. The molecule has 106 valence electrons. The number of hydrogen-bond acceptors (Lipinski definition) is 3. The van der Waals surface area contributed by atoms with E-state index in [9.17, 15) is 0 Å². The summed E-state index contributed by atoms with van der Waals surface area (Å²) in [7, 11) is 0. The number of aryl methyl sites for hydroxylation is 3. The third-order valence-electron chi connectivity index (χ3n) is 3.95. The smallest absolute Gasteiger partial charge is 0.180 e. The maximum absolute atomic E-state index is 5.59. The Balaban J connectivity index is 1.98. The first-order valence-corrected chi connectivity index (χ1v) is 7.11. The third-order valence-corrected chi connectivity index (χ3v) is 3.95. The number of hydrogen-bond donors (Lipinski definition) is 1. The van der Waals surface area contributed by atoms with Crippen molar-refractivity contribution in [2.75, 3.05) is 5.32 Å². The van der Waals surface area contributed by atoms with Crippen molar-refractivity contribution < 1.29 is 4.42 Å². The van der Waals surface area contributed by atoms with E-state index in [1.165, 1.54) is 16.7 Å². The molecule has 4 rings (SSSR count). The van der Waals surface area contributed by atoms with E-state index in [0.29, 0.717) is 0 Å².